The minimum absolute atomic E-state index is 0.554. The van der Waals surface area contributed by atoms with Crippen LogP contribution in [0.5, 0.6) is 0 Å². The third kappa shape index (κ3) is 2.93. The lowest BCUT2D eigenvalue weighted by atomic mass is 10.1. The summed E-state index contributed by atoms with van der Waals surface area (Å²) >= 11 is 0. The average molecular weight is 174 g/mol. The molecule has 1 unspecified atom stereocenters. The second kappa shape index (κ2) is 4.11. The number of aliphatic hydroxyl groups is 1. The molecular weight excluding hydrogens is 160 g/mol. The van der Waals surface area contributed by atoms with E-state index in [1.165, 1.54) is 11.1 Å². The fourth-order valence-electron chi connectivity index (χ4n) is 1.01. The van der Waals surface area contributed by atoms with Gasteiger partial charge >= 0.3 is 0 Å². The van der Waals surface area contributed by atoms with Crippen molar-refractivity contribution < 1.29 is 5.11 Å². The average Bonchev–Trinajstić information content (AvgIpc) is 2.07. The molecule has 13 heavy (non-hydrogen) atoms. The van der Waals surface area contributed by atoms with Crippen LogP contribution < -0.4 is 0 Å². The van der Waals surface area contributed by atoms with Gasteiger partial charge in [0.2, 0.25) is 0 Å². The zero-order valence-corrected chi connectivity index (χ0v) is 8.26. The molecule has 0 aliphatic rings. The quantitative estimate of drug-likeness (QED) is 0.597. The van der Waals surface area contributed by atoms with Crippen molar-refractivity contribution in [3.8, 4) is 11.8 Å². The molecule has 1 atom stereocenters. The van der Waals surface area contributed by atoms with Gasteiger partial charge in [0, 0.05) is 5.56 Å². The van der Waals surface area contributed by atoms with Gasteiger partial charge < -0.3 is 5.11 Å². The highest BCUT2D eigenvalue weighted by molar-refractivity contribution is 5.40. The van der Waals surface area contributed by atoms with Gasteiger partial charge in [-0.25, -0.2) is 0 Å². The summed E-state index contributed by atoms with van der Waals surface area (Å²) in [5.74, 6) is 5.63. The van der Waals surface area contributed by atoms with Gasteiger partial charge in [0.05, 0.1) is 0 Å². The van der Waals surface area contributed by atoms with Crippen LogP contribution in [0.15, 0.2) is 18.2 Å². The van der Waals surface area contributed by atoms with Gasteiger partial charge in [0.15, 0.2) is 0 Å². The van der Waals surface area contributed by atoms with Crippen molar-refractivity contribution in [1.29, 1.82) is 0 Å². The molecule has 1 heteroatoms. The van der Waals surface area contributed by atoms with Gasteiger partial charge in [-0.05, 0) is 44.0 Å². The van der Waals surface area contributed by atoms with Crippen molar-refractivity contribution in [3.05, 3.63) is 34.9 Å². The fraction of sp³-hybridized carbons (Fsp3) is 0.333. The summed E-state index contributed by atoms with van der Waals surface area (Å²) in [7, 11) is 0. The minimum Gasteiger partial charge on any atom is -0.381 e. The first-order valence-electron chi connectivity index (χ1n) is 4.36. The zero-order valence-electron chi connectivity index (χ0n) is 8.26. The predicted molar refractivity (Wildman–Crippen MR) is 54.5 cm³/mol. The molecule has 0 fully saturated rings. The molecule has 0 saturated carbocycles. The summed E-state index contributed by atoms with van der Waals surface area (Å²) in [5, 5.41) is 8.96. The van der Waals surface area contributed by atoms with E-state index in [9.17, 15) is 0 Å². The lowest BCUT2D eigenvalue weighted by Gasteiger charge is -1.98. The highest BCUT2D eigenvalue weighted by atomic mass is 16.3. The summed E-state index contributed by atoms with van der Waals surface area (Å²) in [6.45, 7) is 5.79. The summed E-state index contributed by atoms with van der Waals surface area (Å²) in [4.78, 5) is 0. The Morgan fingerprint density at radius 3 is 2.46 bits per heavy atom. The Kier molecular flexibility index (Phi) is 3.11. The summed E-state index contributed by atoms with van der Waals surface area (Å²) in [6.07, 6.45) is -0.554. The molecule has 0 aliphatic heterocycles. The van der Waals surface area contributed by atoms with E-state index in [0.717, 1.165) is 5.56 Å². The number of rotatable bonds is 0. The Hall–Kier alpha value is -1.26. The van der Waals surface area contributed by atoms with Crippen molar-refractivity contribution in [2.45, 2.75) is 26.9 Å². The van der Waals surface area contributed by atoms with Crippen molar-refractivity contribution in [2.75, 3.05) is 0 Å². The molecule has 1 aromatic carbocycles. The Morgan fingerprint density at radius 2 is 1.92 bits per heavy atom. The van der Waals surface area contributed by atoms with E-state index in [1.807, 2.05) is 18.2 Å². The van der Waals surface area contributed by atoms with Gasteiger partial charge in [-0.2, -0.15) is 0 Å². The van der Waals surface area contributed by atoms with Crippen molar-refractivity contribution in [1.82, 2.24) is 0 Å². The third-order valence-corrected chi connectivity index (χ3v) is 1.93. The van der Waals surface area contributed by atoms with Crippen LogP contribution in [0.4, 0.5) is 0 Å². The summed E-state index contributed by atoms with van der Waals surface area (Å²) < 4.78 is 0. The molecule has 1 aromatic rings. The molecular formula is C12H14O. The molecule has 0 spiro atoms. The molecule has 0 bridgehead atoms. The molecule has 1 N–H and O–H groups in total. The van der Waals surface area contributed by atoms with E-state index in [-0.39, 0.29) is 0 Å². The number of aliphatic hydroxyl groups excluding tert-OH is 1. The molecule has 1 rings (SSSR count). The second-order valence-corrected chi connectivity index (χ2v) is 3.24. The molecule has 68 valence electrons. The van der Waals surface area contributed by atoms with E-state index in [2.05, 4.69) is 25.7 Å². The van der Waals surface area contributed by atoms with Crippen LogP contribution in [-0.4, -0.2) is 11.2 Å². The Labute approximate surface area is 79.4 Å². The highest BCUT2D eigenvalue weighted by Gasteiger charge is 1.92. The first-order chi connectivity index (χ1) is 6.09. The lowest BCUT2D eigenvalue weighted by molar-refractivity contribution is 0.253. The minimum atomic E-state index is -0.554. The Morgan fingerprint density at radius 1 is 1.23 bits per heavy atom. The Bertz CT molecular complexity index is 353. The third-order valence-electron chi connectivity index (χ3n) is 1.93. The van der Waals surface area contributed by atoms with Crippen LogP contribution in [0.1, 0.15) is 23.6 Å². The lowest BCUT2D eigenvalue weighted by Crippen LogP contribution is -1.92. The number of hydrogen-bond acceptors (Lipinski definition) is 1. The highest BCUT2D eigenvalue weighted by Crippen LogP contribution is 2.08. The van der Waals surface area contributed by atoms with E-state index in [4.69, 9.17) is 5.11 Å². The maximum absolute atomic E-state index is 8.96. The fourth-order valence-corrected chi connectivity index (χ4v) is 1.01. The largest absolute Gasteiger partial charge is 0.381 e. The molecule has 0 aliphatic carbocycles. The first kappa shape index (κ1) is 9.83. The Balaban J connectivity index is 2.94. The first-order valence-corrected chi connectivity index (χ1v) is 4.36. The second-order valence-electron chi connectivity index (χ2n) is 3.24. The normalized spacial score (nSPS) is 11.7. The van der Waals surface area contributed by atoms with E-state index in [1.54, 1.807) is 6.92 Å². The molecule has 0 aromatic heterocycles. The van der Waals surface area contributed by atoms with Crippen LogP contribution in [0.2, 0.25) is 0 Å². The van der Waals surface area contributed by atoms with Gasteiger partial charge in [0.1, 0.15) is 6.10 Å². The number of benzene rings is 1. The van der Waals surface area contributed by atoms with Crippen LogP contribution in [0, 0.1) is 25.7 Å². The van der Waals surface area contributed by atoms with Gasteiger partial charge in [-0.15, -0.1) is 0 Å². The van der Waals surface area contributed by atoms with Crippen LogP contribution in [0.3, 0.4) is 0 Å². The monoisotopic (exact) mass is 174 g/mol. The summed E-state index contributed by atoms with van der Waals surface area (Å²) in [6, 6.07) is 6.05. The standard InChI is InChI=1S/C12H14O/c1-9-4-6-12(8-10(9)2)7-5-11(3)13/h4,6,8,11,13H,1-3H3. The van der Waals surface area contributed by atoms with Crippen LogP contribution in [-0.2, 0) is 0 Å². The molecule has 0 saturated heterocycles. The maximum atomic E-state index is 8.96. The van der Waals surface area contributed by atoms with E-state index < -0.39 is 6.10 Å². The smallest absolute Gasteiger partial charge is 0.112 e. The topological polar surface area (TPSA) is 20.2 Å². The predicted octanol–water partition coefficient (Wildman–Crippen LogP) is 2.04. The van der Waals surface area contributed by atoms with Gasteiger partial charge in [0.25, 0.3) is 0 Å². The van der Waals surface area contributed by atoms with E-state index >= 15 is 0 Å². The SMILES string of the molecule is Cc1ccc(C#CC(C)O)cc1C. The van der Waals surface area contributed by atoms with Gasteiger partial charge in [-0.1, -0.05) is 17.9 Å². The zero-order chi connectivity index (χ0) is 9.84. The molecule has 0 radical (unpaired) electrons. The molecule has 0 heterocycles. The van der Waals surface area contributed by atoms with Crippen molar-refractivity contribution in [2.24, 2.45) is 0 Å². The molecule has 1 nitrogen and oxygen atoms in total. The van der Waals surface area contributed by atoms with Crippen LogP contribution in [0.25, 0.3) is 0 Å². The molecule has 0 amide bonds. The number of aryl methyl sites for hydroxylation is 2. The van der Waals surface area contributed by atoms with Crippen molar-refractivity contribution >= 4 is 0 Å². The summed E-state index contributed by atoms with van der Waals surface area (Å²) in [5.41, 5.74) is 3.46. The van der Waals surface area contributed by atoms with Crippen LogP contribution >= 0.6 is 0 Å². The maximum Gasteiger partial charge on any atom is 0.112 e. The van der Waals surface area contributed by atoms with E-state index in [0.29, 0.717) is 0 Å². The number of hydrogen-bond donors (Lipinski definition) is 1. The van der Waals surface area contributed by atoms with Gasteiger partial charge in [-0.3, -0.25) is 0 Å². The van der Waals surface area contributed by atoms with Crippen molar-refractivity contribution in [3.63, 3.8) is 0 Å².